The highest BCUT2D eigenvalue weighted by Crippen LogP contribution is 2.39. The second-order valence-electron chi connectivity index (χ2n) is 29.1. The Morgan fingerprint density at radius 3 is 1.40 bits per heavy atom. The van der Waals surface area contributed by atoms with E-state index >= 15 is 14.4 Å². The van der Waals surface area contributed by atoms with Crippen molar-refractivity contribution in [2.24, 2.45) is 51.1 Å². The molecule has 0 aromatic heterocycles. The number of hydrogen-bond donors (Lipinski definition) is 17. The Morgan fingerprint density at radius 2 is 0.893 bits per heavy atom. The maximum Gasteiger partial charge on any atom is 0.246 e. The summed E-state index contributed by atoms with van der Waals surface area (Å²) >= 11 is 0. The van der Waals surface area contributed by atoms with Crippen LogP contribution < -0.4 is 81.4 Å². The van der Waals surface area contributed by atoms with Gasteiger partial charge in [0.15, 0.2) is 5.96 Å². The van der Waals surface area contributed by atoms with E-state index in [0.29, 0.717) is 32.1 Å². The number of hydrogen-bond acceptors (Lipinski definition) is 21. The summed E-state index contributed by atoms with van der Waals surface area (Å²) in [5, 5.41) is 50.6. The van der Waals surface area contributed by atoms with Crippen LogP contribution in [0.4, 0.5) is 0 Å². The van der Waals surface area contributed by atoms with Gasteiger partial charge in [0, 0.05) is 49.8 Å². The summed E-state index contributed by atoms with van der Waals surface area (Å²) in [7, 11) is 1.82. The van der Waals surface area contributed by atoms with Gasteiger partial charge in [0.05, 0.1) is 13.2 Å². The standard InChI is InChI=1S/C66H113N19O16S2/c1-12-33(4)46-58(96)78-42-32-102-103-66(10,11)49(60(98)81-48(35(6)14-3)63(101)84-25-17-20-43(84)56(94)75-38(28-67)51(89)74-39(29-68)52(90)79-46)82-59(97)47(34(5)13-2)80-57(95)44-21-16-24-83(44)62(100)45-22-18-26-85(45)61(99)37(27-65(7,8)9)73-54(92)41(31-87)76-50(88)36(19-15-23-71-64(69)70)72-53(91)40(30-86)77-55(42)93/h33-49,86-87H,12-32,67-68H2,1-11H3,(H,72,91)(H,73,92)(H,74,89)(H,75,94)(H,76,88)(H,77,93)(H,78,96)(H,79,90)(H,80,95)(H,81,98)(H,82,97)(H4,69,70,71)/t33-,34-,35-,36-,37-,38-,39-,40-,41-,42-,43-,44-,45-,46-,47-,48-,49+/m0/s1. The lowest BCUT2D eigenvalue weighted by Crippen LogP contribution is -2.64. The first-order valence-corrected chi connectivity index (χ1v) is 38.1. The molecule has 35 nitrogen and oxygen atoms in total. The van der Waals surface area contributed by atoms with Crippen molar-refractivity contribution in [2.45, 2.75) is 243 Å². The molecular formula is C66H113N19O16S2. The van der Waals surface area contributed by atoms with E-state index in [0.717, 1.165) is 21.6 Å². The van der Waals surface area contributed by atoms with Crippen LogP contribution in [0.5, 0.6) is 0 Å². The molecule has 0 spiro atoms. The number of rotatable bonds is 15. The number of guanidine groups is 1. The van der Waals surface area contributed by atoms with Crippen molar-refractivity contribution in [3.05, 3.63) is 0 Å². The summed E-state index contributed by atoms with van der Waals surface area (Å²) in [4.78, 5) is 214. The monoisotopic (exact) mass is 1490 g/mol. The molecule has 0 aromatic carbocycles. The topological polar surface area (TPSA) is 538 Å². The summed E-state index contributed by atoms with van der Waals surface area (Å²) in [6, 6.07) is -20.7. The first-order chi connectivity index (χ1) is 48.5. The Balaban J connectivity index is 1.73. The van der Waals surface area contributed by atoms with Crippen LogP contribution in [0.2, 0.25) is 0 Å². The van der Waals surface area contributed by atoms with E-state index in [1.165, 1.54) is 14.7 Å². The Morgan fingerprint density at radius 1 is 0.495 bits per heavy atom. The van der Waals surface area contributed by atoms with Crippen molar-refractivity contribution in [2.75, 3.05) is 58.2 Å². The van der Waals surface area contributed by atoms with Gasteiger partial charge in [-0.2, -0.15) is 0 Å². The minimum atomic E-state index is -1.92. The molecule has 103 heavy (non-hydrogen) atoms. The van der Waals surface area contributed by atoms with Gasteiger partial charge in [-0.3, -0.25) is 72.1 Å². The van der Waals surface area contributed by atoms with Crippen LogP contribution in [0.15, 0.2) is 4.99 Å². The predicted octanol–water partition coefficient (Wildman–Crippen LogP) is -4.99. The fourth-order valence-electron chi connectivity index (χ4n) is 12.9. The molecule has 14 amide bonds. The molecule has 2 bridgehead atoms. The van der Waals surface area contributed by atoms with Crippen molar-refractivity contribution in [1.29, 1.82) is 0 Å². The van der Waals surface area contributed by atoms with Crippen LogP contribution in [0.3, 0.4) is 0 Å². The largest absolute Gasteiger partial charge is 0.394 e. The average Bonchev–Trinajstić information content (AvgIpc) is 1.74. The van der Waals surface area contributed by atoms with Crippen LogP contribution in [-0.4, -0.2) is 261 Å². The highest BCUT2D eigenvalue weighted by atomic mass is 33.1. The normalized spacial score (nSPS) is 30.4. The van der Waals surface area contributed by atoms with Gasteiger partial charge >= 0.3 is 0 Å². The van der Waals surface area contributed by atoms with Crippen molar-refractivity contribution < 1.29 is 77.3 Å². The number of aliphatic hydroxyl groups excluding tert-OH is 2. The molecule has 37 heteroatoms. The van der Waals surface area contributed by atoms with Crippen molar-refractivity contribution in [3.8, 4) is 0 Å². The number of aliphatic imine (C=N–C) groups is 1. The molecule has 5 aliphatic rings. The highest BCUT2D eigenvalue weighted by Gasteiger charge is 2.49. The SMILES string of the molecule is CC[C@H](C)[C@@H]1NC(=O)[C@H](CN)NC(=O)[C@H](CN)NC(=O)[C@@H]2CCCN2C(=O)[C@H]([C@@H](C)CC)NC(=O)[C@H]2NC(=O)[C@H]([C@@H](C)CC)NC(=O)[C@@H]3CCCN3C(=O)[C@@H]3CCCN3C(=O)[C@H](CC(C)(C)C)NC(=O)[C@H](CO)NC(=O)[C@H](CCCN=C(N)N)NC(=O)[C@H](CO)NC(=O)[C@H](CSSC2(C)C)NC1=O. The molecule has 0 unspecified atom stereocenters. The maximum absolute atomic E-state index is 15.6. The third-order valence-electron chi connectivity index (χ3n) is 19.6. The first kappa shape index (κ1) is 86.0. The van der Waals surface area contributed by atoms with E-state index in [1.807, 2.05) is 0 Å². The fourth-order valence-corrected chi connectivity index (χ4v) is 15.7. The second kappa shape index (κ2) is 39.5. The van der Waals surface area contributed by atoms with E-state index < -0.39 is 227 Å². The number of nitrogens with zero attached hydrogens (tertiary/aromatic N) is 4. The number of carbonyl (C=O) groups is 14. The minimum absolute atomic E-state index is 0.00142. The van der Waals surface area contributed by atoms with Gasteiger partial charge in [0.1, 0.15) is 84.6 Å². The fraction of sp³-hybridized carbons (Fsp3) is 0.773. The van der Waals surface area contributed by atoms with E-state index in [9.17, 15) is 63.0 Å². The molecule has 17 atom stereocenters. The molecule has 0 aliphatic carbocycles. The Bertz CT molecular complexity index is 3080. The van der Waals surface area contributed by atoms with E-state index in [2.05, 4.69) is 63.5 Å². The Labute approximate surface area is 610 Å². The van der Waals surface area contributed by atoms with Crippen molar-refractivity contribution in [3.63, 3.8) is 0 Å². The number of nitrogens with one attached hydrogen (secondary N) is 11. The van der Waals surface area contributed by atoms with E-state index in [-0.39, 0.29) is 77.1 Å². The molecule has 0 aromatic rings. The number of carbonyl (C=O) groups excluding carboxylic acids is 14. The molecule has 21 N–H and O–H groups in total. The van der Waals surface area contributed by atoms with Gasteiger partial charge in [-0.25, -0.2) is 0 Å². The zero-order chi connectivity index (χ0) is 77.0. The van der Waals surface area contributed by atoms with Crippen molar-refractivity contribution in [1.82, 2.24) is 73.2 Å². The molecule has 5 fully saturated rings. The zero-order valence-electron chi connectivity index (χ0n) is 61.2. The van der Waals surface area contributed by atoms with Gasteiger partial charge in [-0.05, 0) is 94.8 Å². The van der Waals surface area contributed by atoms with Crippen LogP contribution in [0.25, 0.3) is 0 Å². The molecule has 5 saturated heterocycles. The minimum Gasteiger partial charge on any atom is -0.394 e. The molecule has 5 rings (SSSR count). The molecule has 0 saturated carbocycles. The third-order valence-corrected chi connectivity index (χ3v) is 22.9. The van der Waals surface area contributed by atoms with Gasteiger partial charge in [-0.15, -0.1) is 0 Å². The summed E-state index contributed by atoms with van der Waals surface area (Å²) in [5.41, 5.74) is 22.6. The number of fused-ring (bicyclic) bond motifs is 8. The van der Waals surface area contributed by atoms with Gasteiger partial charge in [0.2, 0.25) is 82.7 Å². The molecule has 580 valence electrons. The summed E-state index contributed by atoms with van der Waals surface area (Å²) in [5.74, 6) is -15.2. The molecule has 5 aliphatic heterocycles. The summed E-state index contributed by atoms with van der Waals surface area (Å²) in [6.07, 6.45) is 2.10. The lowest BCUT2D eigenvalue weighted by atomic mass is 9.87. The zero-order valence-corrected chi connectivity index (χ0v) is 62.8. The van der Waals surface area contributed by atoms with Crippen LogP contribution in [-0.2, 0) is 67.1 Å². The molecule has 5 heterocycles. The van der Waals surface area contributed by atoms with Crippen molar-refractivity contribution >= 4 is 110 Å². The van der Waals surface area contributed by atoms with E-state index in [1.54, 1.807) is 76.2 Å². The van der Waals surface area contributed by atoms with E-state index in [4.69, 9.17) is 22.9 Å². The van der Waals surface area contributed by atoms with Crippen LogP contribution >= 0.6 is 21.6 Å². The van der Waals surface area contributed by atoms with Gasteiger partial charge < -0.3 is 106 Å². The quantitative estimate of drug-likeness (QED) is 0.0316. The second-order valence-corrected chi connectivity index (χ2v) is 32.1. The maximum atomic E-state index is 15.6. The number of nitrogens with two attached hydrogens (primary N) is 4. The predicted molar refractivity (Wildman–Crippen MR) is 384 cm³/mol. The Kier molecular flexibility index (Phi) is 33.0. The smallest absolute Gasteiger partial charge is 0.246 e. The summed E-state index contributed by atoms with van der Waals surface area (Å²) in [6.45, 7) is 15.8. The van der Waals surface area contributed by atoms with Crippen LogP contribution in [0, 0.1) is 23.2 Å². The first-order valence-electron chi connectivity index (χ1n) is 35.7. The molecule has 0 radical (unpaired) electrons. The number of aliphatic hydroxyl groups is 2. The lowest BCUT2D eigenvalue weighted by molar-refractivity contribution is -0.148. The Hall–Kier alpha value is -7.61. The number of amides is 14. The van der Waals surface area contributed by atoms with Gasteiger partial charge in [-0.1, -0.05) is 103 Å². The molecular weight excluding hydrogens is 1380 g/mol. The summed E-state index contributed by atoms with van der Waals surface area (Å²) < 4.78 is -1.53. The van der Waals surface area contributed by atoms with Crippen LogP contribution in [0.1, 0.15) is 153 Å². The highest BCUT2D eigenvalue weighted by molar-refractivity contribution is 8.77. The average molecular weight is 1490 g/mol. The third kappa shape index (κ3) is 23.4. The lowest BCUT2D eigenvalue weighted by Gasteiger charge is -2.37. The van der Waals surface area contributed by atoms with Gasteiger partial charge in [0.25, 0.3) is 0 Å².